The second-order valence-electron chi connectivity index (χ2n) is 5.36. The van der Waals surface area contributed by atoms with Crippen molar-refractivity contribution < 1.29 is 14.7 Å². The molecule has 0 unspecified atom stereocenters. The number of carbonyl (C=O) groups is 2. The van der Waals surface area contributed by atoms with Gasteiger partial charge in [0.05, 0.1) is 17.5 Å². The largest absolute Gasteiger partial charge is 0.506 e. The number of halogens is 3. The number of nitrogens with zero attached hydrogens (tertiary/aromatic N) is 1. The van der Waals surface area contributed by atoms with Gasteiger partial charge in [0.1, 0.15) is 5.75 Å². The molecule has 0 spiro atoms. The van der Waals surface area contributed by atoms with E-state index in [2.05, 4.69) is 31.9 Å². The van der Waals surface area contributed by atoms with Gasteiger partial charge >= 0.3 is 0 Å². The van der Waals surface area contributed by atoms with Gasteiger partial charge in [-0.15, -0.1) is 0 Å². The Morgan fingerprint density at radius 2 is 1.62 bits per heavy atom. The summed E-state index contributed by atoms with van der Waals surface area (Å²) in [6, 6.07) is 4.39. The number of phenolic OH excluding ortho intramolecular Hbond substituents is 1. The number of imide groups is 1. The molecule has 1 aliphatic carbocycles. The van der Waals surface area contributed by atoms with Gasteiger partial charge in [0.25, 0.3) is 0 Å². The zero-order chi connectivity index (χ0) is 15.3. The standard InChI is InChI=1S/C14H12Br2ClNO3/c15-9-4-7-8(5-10(9)16)14(21)18(13(7)20)11-2-1-6(17)3-12(11)19/h1-3,7-10,19H,4-5H2/t7-,8+,9-,10-/m1/s1. The minimum Gasteiger partial charge on any atom is -0.506 e. The molecule has 0 aromatic heterocycles. The molecule has 1 aliphatic heterocycles. The van der Waals surface area contributed by atoms with Crippen LogP contribution >= 0.6 is 43.5 Å². The maximum atomic E-state index is 12.6. The highest BCUT2D eigenvalue weighted by Crippen LogP contribution is 2.45. The molecular formula is C14H12Br2ClNO3. The summed E-state index contributed by atoms with van der Waals surface area (Å²) in [6.07, 6.45) is 1.21. The van der Waals surface area contributed by atoms with Gasteiger partial charge in [-0.3, -0.25) is 9.59 Å². The quantitative estimate of drug-likeness (QED) is 0.541. The maximum absolute atomic E-state index is 12.6. The van der Waals surface area contributed by atoms with Crippen molar-refractivity contribution in [2.75, 3.05) is 4.90 Å². The second-order valence-corrected chi connectivity index (χ2v) is 8.15. The molecule has 4 atom stereocenters. The van der Waals surface area contributed by atoms with E-state index in [4.69, 9.17) is 11.6 Å². The monoisotopic (exact) mass is 435 g/mol. The van der Waals surface area contributed by atoms with Crippen LogP contribution in [0.2, 0.25) is 5.02 Å². The Balaban J connectivity index is 1.97. The fourth-order valence-electron chi connectivity index (χ4n) is 3.02. The number of phenols is 1. The van der Waals surface area contributed by atoms with Gasteiger partial charge < -0.3 is 5.11 Å². The average Bonchev–Trinajstić information content (AvgIpc) is 2.64. The molecule has 2 fully saturated rings. The molecule has 1 N–H and O–H groups in total. The molecule has 1 heterocycles. The normalized spacial score (nSPS) is 32.4. The third-order valence-corrected chi connectivity index (χ3v) is 7.06. The fraction of sp³-hybridized carbons (Fsp3) is 0.429. The summed E-state index contributed by atoms with van der Waals surface area (Å²) >= 11 is 12.9. The van der Waals surface area contributed by atoms with E-state index in [0.717, 1.165) is 4.90 Å². The van der Waals surface area contributed by atoms with Crippen LogP contribution < -0.4 is 4.90 Å². The fourth-order valence-corrected chi connectivity index (χ4v) is 4.42. The van der Waals surface area contributed by atoms with Gasteiger partial charge in [-0.25, -0.2) is 4.90 Å². The molecule has 2 aliphatic rings. The average molecular weight is 438 g/mol. The van der Waals surface area contributed by atoms with Crippen molar-refractivity contribution in [1.29, 1.82) is 0 Å². The lowest BCUT2D eigenvalue weighted by Crippen LogP contribution is -2.34. The first-order chi connectivity index (χ1) is 9.90. The minimum atomic E-state index is -0.328. The van der Waals surface area contributed by atoms with Crippen LogP contribution in [0.5, 0.6) is 5.75 Å². The molecule has 7 heteroatoms. The first kappa shape index (κ1) is 15.3. The van der Waals surface area contributed by atoms with Crippen molar-refractivity contribution in [2.24, 2.45) is 11.8 Å². The molecule has 1 saturated carbocycles. The van der Waals surface area contributed by atoms with Crippen molar-refractivity contribution in [2.45, 2.75) is 22.5 Å². The first-order valence-corrected chi connectivity index (χ1v) is 8.75. The molecule has 0 radical (unpaired) electrons. The first-order valence-electron chi connectivity index (χ1n) is 6.54. The molecule has 1 aromatic rings. The lowest BCUT2D eigenvalue weighted by molar-refractivity contribution is -0.122. The Kier molecular flexibility index (Phi) is 4.05. The van der Waals surface area contributed by atoms with Crippen LogP contribution in [-0.4, -0.2) is 26.6 Å². The van der Waals surface area contributed by atoms with E-state index >= 15 is 0 Å². The minimum absolute atomic E-state index is 0.159. The molecule has 112 valence electrons. The van der Waals surface area contributed by atoms with E-state index in [1.807, 2.05) is 0 Å². The van der Waals surface area contributed by atoms with E-state index in [1.54, 1.807) is 6.07 Å². The Hall–Kier alpha value is -0.590. The number of aromatic hydroxyl groups is 1. The summed E-state index contributed by atoms with van der Waals surface area (Å²) in [5.41, 5.74) is 0.209. The summed E-state index contributed by atoms with van der Waals surface area (Å²) in [7, 11) is 0. The predicted molar refractivity (Wildman–Crippen MR) is 87.3 cm³/mol. The Morgan fingerprint density at radius 1 is 1.10 bits per heavy atom. The molecule has 3 rings (SSSR count). The maximum Gasteiger partial charge on any atom is 0.237 e. The molecule has 2 amide bonds. The van der Waals surface area contributed by atoms with Crippen molar-refractivity contribution in [3.05, 3.63) is 23.2 Å². The van der Waals surface area contributed by atoms with Gasteiger partial charge in [0.15, 0.2) is 0 Å². The van der Waals surface area contributed by atoms with Crippen molar-refractivity contribution in [3.8, 4) is 5.75 Å². The van der Waals surface area contributed by atoms with E-state index in [-0.39, 0.29) is 44.7 Å². The highest BCUT2D eigenvalue weighted by atomic mass is 79.9. The number of amides is 2. The topological polar surface area (TPSA) is 57.6 Å². The summed E-state index contributed by atoms with van der Waals surface area (Å²) in [6.45, 7) is 0. The third kappa shape index (κ3) is 2.51. The number of carbonyl (C=O) groups excluding carboxylic acids is 2. The second kappa shape index (κ2) is 5.56. The summed E-state index contributed by atoms with van der Waals surface area (Å²) < 4.78 is 0. The number of fused-ring (bicyclic) bond motifs is 1. The lowest BCUT2D eigenvalue weighted by atomic mass is 9.81. The van der Waals surface area contributed by atoms with E-state index in [0.29, 0.717) is 17.9 Å². The number of rotatable bonds is 1. The molecule has 0 bridgehead atoms. The number of anilines is 1. The van der Waals surface area contributed by atoms with Crippen molar-refractivity contribution in [3.63, 3.8) is 0 Å². The number of alkyl halides is 2. The zero-order valence-electron chi connectivity index (χ0n) is 10.8. The molecule has 4 nitrogen and oxygen atoms in total. The zero-order valence-corrected chi connectivity index (χ0v) is 14.7. The summed E-state index contributed by atoms with van der Waals surface area (Å²) in [5.74, 6) is -1.30. The molecular weight excluding hydrogens is 425 g/mol. The highest BCUT2D eigenvalue weighted by Gasteiger charge is 2.52. The molecule has 1 saturated heterocycles. The van der Waals surface area contributed by atoms with Gasteiger partial charge in [-0.1, -0.05) is 43.5 Å². The number of benzene rings is 1. The smallest absolute Gasteiger partial charge is 0.237 e. The van der Waals surface area contributed by atoms with Crippen LogP contribution in [0.25, 0.3) is 0 Å². The molecule has 21 heavy (non-hydrogen) atoms. The van der Waals surface area contributed by atoms with Crippen LogP contribution in [0.15, 0.2) is 18.2 Å². The van der Waals surface area contributed by atoms with Crippen molar-refractivity contribution in [1.82, 2.24) is 0 Å². The van der Waals surface area contributed by atoms with Crippen LogP contribution in [-0.2, 0) is 9.59 Å². The molecule has 1 aromatic carbocycles. The van der Waals surface area contributed by atoms with Crippen LogP contribution in [0.4, 0.5) is 5.69 Å². The van der Waals surface area contributed by atoms with Gasteiger partial charge in [0, 0.05) is 20.7 Å². The Bertz CT molecular complexity index is 596. The van der Waals surface area contributed by atoms with Crippen LogP contribution in [0, 0.1) is 11.8 Å². The van der Waals surface area contributed by atoms with Crippen LogP contribution in [0.3, 0.4) is 0 Å². The number of hydrogen-bond acceptors (Lipinski definition) is 3. The number of hydrogen-bond donors (Lipinski definition) is 1. The van der Waals surface area contributed by atoms with Crippen molar-refractivity contribution >= 4 is 61.0 Å². The Labute approximate surface area is 143 Å². The third-order valence-electron chi connectivity index (χ3n) is 4.09. The van der Waals surface area contributed by atoms with Gasteiger partial charge in [-0.05, 0) is 25.0 Å². The van der Waals surface area contributed by atoms with E-state index in [9.17, 15) is 14.7 Å². The van der Waals surface area contributed by atoms with Gasteiger partial charge in [0.2, 0.25) is 11.8 Å². The van der Waals surface area contributed by atoms with E-state index < -0.39 is 0 Å². The predicted octanol–water partition coefficient (Wildman–Crippen LogP) is 3.47. The van der Waals surface area contributed by atoms with E-state index in [1.165, 1.54) is 12.1 Å². The van der Waals surface area contributed by atoms with Crippen LogP contribution in [0.1, 0.15) is 12.8 Å². The SMILES string of the molecule is O=C1[C@H]2C[C@@H](Br)[C@H](Br)C[C@H]2C(=O)N1c1ccc(Cl)cc1O. The summed E-state index contributed by atoms with van der Waals surface area (Å²) in [4.78, 5) is 26.6. The van der Waals surface area contributed by atoms with Gasteiger partial charge in [-0.2, -0.15) is 0 Å². The Morgan fingerprint density at radius 3 is 2.10 bits per heavy atom. The lowest BCUT2D eigenvalue weighted by Gasteiger charge is -2.29. The summed E-state index contributed by atoms with van der Waals surface area (Å²) in [5, 5.41) is 10.3. The highest BCUT2D eigenvalue weighted by molar-refractivity contribution is 9.12.